The van der Waals surface area contributed by atoms with Gasteiger partial charge in [-0.1, -0.05) is 0 Å². The van der Waals surface area contributed by atoms with Crippen molar-refractivity contribution in [1.82, 2.24) is 14.8 Å². The van der Waals surface area contributed by atoms with E-state index >= 15 is 0 Å². The lowest BCUT2D eigenvalue weighted by molar-refractivity contribution is -0.134. The number of hydrogen-bond donors (Lipinski definition) is 1. The summed E-state index contributed by atoms with van der Waals surface area (Å²) in [6, 6.07) is 3.21. The number of amides is 3. The van der Waals surface area contributed by atoms with Crippen LogP contribution in [0.25, 0.3) is 0 Å². The topological polar surface area (TPSA) is 82.8 Å². The minimum Gasteiger partial charge on any atom is -0.370 e. The third kappa shape index (κ3) is 3.44. The van der Waals surface area contributed by atoms with Gasteiger partial charge in [0.1, 0.15) is 6.04 Å². The van der Waals surface area contributed by atoms with Gasteiger partial charge in [0.05, 0.1) is 0 Å². The molecule has 0 saturated carbocycles. The molecule has 0 unspecified atom stereocenters. The highest BCUT2D eigenvalue weighted by molar-refractivity contribution is 5.87. The highest BCUT2D eigenvalue weighted by Crippen LogP contribution is 2.21. The van der Waals surface area contributed by atoms with E-state index in [1.54, 1.807) is 0 Å². The normalized spacial score (nSPS) is 21.7. The molecule has 0 aliphatic carbocycles. The zero-order chi connectivity index (χ0) is 17.1. The van der Waals surface area contributed by atoms with Crippen LogP contribution >= 0.6 is 0 Å². The lowest BCUT2D eigenvalue weighted by Gasteiger charge is -2.29. The Labute approximate surface area is 142 Å². The largest absolute Gasteiger partial charge is 0.370 e. The first kappa shape index (κ1) is 16.5. The number of carbonyl (C=O) groups excluding carboxylic acids is 2. The summed E-state index contributed by atoms with van der Waals surface area (Å²) in [6.45, 7) is 5.67. The molecule has 3 heterocycles. The Morgan fingerprint density at radius 1 is 1.17 bits per heavy atom. The van der Waals surface area contributed by atoms with Crippen LogP contribution in [-0.2, 0) is 4.79 Å². The number of carbonyl (C=O) groups is 2. The van der Waals surface area contributed by atoms with E-state index < -0.39 is 6.03 Å². The van der Waals surface area contributed by atoms with Crippen molar-refractivity contribution >= 4 is 17.6 Å². The second-order valence-electron chi connectivity index (χ2n) is 6.51. The molecular formula is C17H25N5O2. The van der Waals surface area contributed by atoms with Gasteiger partial charge < -0.3 is 20.4 Å². The van der Waals surface area contributed by atoms with Crippen molar-refractivity contribution in [2.45, 2.75) is 32.2 Å². The van der Waals surface area contributed by atoms with Gasteiger partial charge in [-0.15, -0.1) is 0 Å². The minimum absolute atomic E-state index is 0.0408. The molecule has 1 atom stereocenters. The van der Waals surface area contributed by atoms with E-state index in [4.69, 9.17) is 5.73 Å². The molecule has 0 radical (unpaired) electrons. The molecule has 2 aliphatic heterocycles. The zero-order valence-electron chi connectivity index (χ0n) is 14.1. The van der Waals surface area contributed by atoms with Crippen LogP contribution in [0.2, 0.25) is 0 Å². The molecule has 24 heavy (non-hydrogen) atoms. The van der Waals surface area contributed by atoms with Gasteiger partial charge in [0.25, 0.3) is 0 Å². The van der Waals surface area contributed by atoms with E-state index in [1.165, 1.54) is 4.90 Å². The lowest BCUT2D eigenvalue weighted by Crippen LogP contribution is -2.50. The number of rotatable bonds is 2. The predicted molar refractivity (Wildman–Crippen MR) is 91.7 cm³/mol. The van der Waals surface area contributed by atoms with Gasteiger partial charge in [-0.05, 0) is 38.3 Å². The van der Waals surface area contributed by atoms with Crippen molar-refractivity contribution in [3.05, 3.63) is 24.0 Å². The molecule has 0 spiro atoms. The Kier molecular flexibility index (Phi) is 4.87. The standard InChI is InChI=1S/C17H25N5O2/c1-13-12-14(5-6-19-13)20-7-3-8-21(11-10-20)16(23)15-4-2-9-22(15)17(18)24/h5-6,12,15H,2-4,7-11H2,1H3,(H2,18,24)/t15-/m0/s1. The molecule has 2 N–H and O–H groups in total. The van der Waals surface area contributed by atoms with Crippen molar-refractivity contribution < 1.29 is 9.59 Å². The molecule has 2 aliphatic rings. The number of hydrogen-bond acceptors (Lipinski definition) is 4. The summed E-state index contributed by atoms with van der Waals surface area (Å²) in [7, 11) is 0. The van der Waals surface area contributed by atoms with Crippen molar-refractivity contribution in [2.75, 3.05) is 37.6 Å². The summed E-state index contributed by atoms with van der Waals surface area (Å²) in [5.74, 6) is 0.0408. The average molecular weight is 331 g/mol. The highest BCUT2D eigenvalue weighted by Gasteiger charge is 2.36. The van der Waals surface area contributed by atoms with E-state index in [0.29, 0.717) is 19.5 Å². The van der Waals surface area contributed by atoms with Crippen molar-refractivity contribution in [3.63, 3.8) is 0 Å². The molecule has 1 aromatic heterocycles. The Hall–Kier alpha value is -2.31. The van der Waals surface area contributed by atoms with Crippen molar-refractivity contribution in [2.24, 2.45) is 5.73 Å². The molecule has 0 aromatic carbocycles. The number of nitrogens with zero attached hydrogens (tertiary/aromatic N) is 4. The lowest BCUT2D eigenvalue weighted by atomic mass is 10.2. The first-order valence-corrected chi connectivity index (χ1v) is 8.59. The highest BCUT2D eigenvalue weighted by atomic mass is 16.2. The van der Waals surface area contributed by atoms with Crippen LogP contribution in [0.4, 0.5) is 10.5 Å². The fraction of sp³-hybridized carbons (Fsp3) is 0.588. The Balaban J connectivity index is 1.65. The Bertz CT molecular complexity index is 621. The van der Waals surface area contributed by atoms with Crippen LogP contribution in [0.5, 0.6) is 0 Å². The smallest absolute Gasteiger partial charge is 0.315 e. The number of urea groups is 1. The second-order valence-corrected chi connectivity index (χ2v) is 6.51. The zero-order valence-corrected chi connectivity index (χ0v) is 14.1. The monoisotopic (exact) mass is 331 g/mol. The minimum atomic E-state index is -0.491. The maximum absolute atomic E-state index is 12.8. The Morgan fingerprint density at radius 3 is 2.75 bits per heavy atom. The molecule has 2 saturated heterocycles. The maximum atomic E-state index is 12.8. The Morgan fingerprint density at radius 2 is 2.00 bits per heavy atom. The van der Waals surface area contributed by atoms with E-state index in [0.717, 1.165) is 43.9 Å². The summed E-state index contributed by atoms with van der Waals surface area (Å²) in [5.41, 5.74) is 7.54. The molecule has 130 valence electrons. The van der Waals surface area contributed by atoms with E-state index in [-0.39, 0.29) is 11.9 Å². The number of likely N-dealkylation sites (tertiary alicyclic amines) is 1. The van der Waals surface area contributed by atoms with Crippen LogP contribution in [0.15, 0.2) is 18.3 Å². The van der Waals surface area contributed by atoms with Crippen LogP contribution in [0.3, 0.4) is 0 Å². The third-order valence-electron chi connectivity index (χ3n) is 4.87. The van der Waals surface area contributed by atoms with Crippen molar-refractivity contribution in [1.29, 1.82) is 0 Å². The summed E-state index contributed by atoms with van der Waals surface area (Å²) >= 11 is 0. The number of pyridine rings is 1. The van der Waals surface area contributed by atoms with Gasteiger partial charge in [0.2, 0.25) is 5.91 Å². The molecule has 3 amide bonds. The van der Waals surface area contributed by atoms with E-state index in [9.17, 15) is 9.59 Å². The third-order valence-corrected chi connectivity index (χ3v) is 4.87. The average Bonchev–Trinajstić information content (AvgIpc) is 2.92. The molecule has 7 heteroatoms. The van der Waals surface area contributed by atoms with Gasteiger partial charge in [-0.2, -0.15) is 0 Å². The number of nitrogens with two attached hydrogens (primary N) is 1. The summed E-state index contributed by atoms with van der Waals surface area (Å²) < 4.78 is 0. The number of primary amides is 1. The summed E-state index contributed by atoms with van der Waals surface area (Å²) in [5, 5.41) is 0. The van der Waals surface area contributed by atoms with Gasteiger partial charge in [0, 0.05) is 50.3 Å². The maximum Gasteiger partial charge on any atom is 0.315 e. The molecule has 7 nitrogen and oxygen atoms in total. The molecule has 3 rings (SSSR count). The van der Waals surface area contributed by atoms with Gasteiger partial charge >= 0.3 is 6.03 Å². The first-order chi connectivity index (χ1) is 11.6. The van der Waals surface area contributed by atoms with Crippen LogP contribution in [0, 0.1) is 6.92 Å². The molecule has 2 fully saturated rings. The van der Waals surface area contributed by atoms with Gasteiger partial charge in [-0.25, -0.2) is 4.79 Å². The molecule has 0 bridgehead atoms. The van der Waals surface area contributed by atoms with Crippen molar-refractivity contribution in [3.8, 4) is 0 Å². The quantitative estimate of drug-likeness (QED) is 0.875. The fourth-order valence-corrected chi connectivity index (χ4v) is 3.62. The predicted octanol–water partition coefficient (Wildman–Crippen LogP) is 0.972. The van der Waals surface area contributed by atoms with Gasteiger partial charge in [-0.3, -0.25) is 9.78 Å². The number of aryl methyl sites for hydroxylation is 1. The fourth-order valence-electron chi connectivity index (χ4n) is 3.62. The SMILES string of the molecule is Cc1cc(N2CCCN(C(=O)[C@@H]3CCCN3C(N)=O)CC2)ccn1. The number of anilines is 1. The first-order valence-electron chi connectivity index (χ1n) is 8.59. The van der Waals surface area contributed by atoms with Crippen LogP contribution in [-0.4, -0.2) is 65.5 Å². The van der Waals surface area contributed by atoms with Crippen LogP contribution in [0.1, 0.15) is 25.0 Å². The second kappa shape index (κ2) is 7.07. The molecular weight excluding hydrogens is 306 g/mol. The van der Waals surface area contributed by atoms with E-state index in [1.807, 2.05) is 24.1 Å². The summed E-state index contributed by atoms with van der Waals surface area (Å²) in [4.78, 5) is 34.2. The summed E-state index contributed by atoms with van der Waals surface area (Å²) in [6.07, 6.45) is 4.29. The molecule has 1 aromatic rings. The van der Waals surface area contributed by atoms with E-state index in [2.05, 4.69) is 16.0 Å². The number of aromatic nitrogens is 1. The van der Waals surface area contributed by atoms with Crippen LogP contribution < -0.4 is 10.6 Å². The van der Waals surface area contributed by atoms with Gasteiger partial charge in [0.15, 0.2) is 0 Å².